The minimum atomic E-state index is -0.298. The van der Waals surface area contributed by atoms with E-state index in [2.05, 4.69) is 44.3 Å². The second-order valence-electron chi connectivity index (χ2n) is 8.61. The molecule has 0 saturated carbocycles. The summed E-state index contributed by atoms with van der Waals surface area (Å²) >= 11 is 0. The van der Waals surface area contributed by atoms with Crippen LogP contribution in [0.15, 0.2) is 48.7 Å². The lowest BCUT2D eigenvalue weighted by molar-refractivity contribution is 0.201. The Hall–Kier alpha value is -2.70. The third-order valence-electron chi connectivity index (χ3n) is 6.73. The Morgan fingerprint density at radius 3 is 2.61 bits per heavy atom. The SMILES string of the molecule is COc1ccc(-c2[nH]ncc2CN2CCCN(C3Cc4ccccc4C3)CC2)c(F)c1. The van der Waals surface area contributed by atoms with Gasteiger partial charge < -0.3 is 4.74 Å². The number of aromatic nitrogens is 2. The lowest BCUT2D eigenvalue weighted by Gasteiger charge is -2.27. The summed E-state index contributed by atoms with van der Waals surface area (Å²) in [6.07, 6.45) is 5.31. The van der Waals surface area contributed by atoms with Gasteiger partial charge in [-0.3, -0.25) is 14.9 Å². The first kappa shape index (κ1) is 20.2. The Kier molecular flexibility index (Phi) is 5.74. The Morgan fingerprint density at radius 1 is 1.06 bits per heavy atom. The van der Waals surface area contributed by atoms with Crippen LogP contribution in [-0.4, -0.2) is 59.3 Å². The maximum Gasteiger partial charge on any atom is 0.136 e. The molecule has 0 bridgehead atoms. The van der Waals surface area contributed by atoms with Gasteiger partial charge in [-0.1, -0.05) is 24.3 Å². The van der Waals surface area contributed by atoms with Gasteiger partial charge in [-0.25, -0.2) is 4.39 Å². The number of benzene rings is 2. The molecule has 1 fully saturated rings. The molecule has 0 atom stereocenters. The number of nitrogens with one attached hydrogen (secondary N) is 1. The van der Waals surface area contributed by atoms with Gasteiger partial charge in [0.25, 0.3) is 0 Å². The highest BCUT2D eigenvalue weighted by Gasteiger charge is 2.28. The van der Waals surface area contributed by atoms with E-state index in [0.29, 0.717) is 17.4 Å². The van der Waals surface area contributed by atoms with Crippen LogP contribution in [0.5, 0.6) is 5.75 Å². The van der Waals surface area contributed by atoms with E-state index in [-0.39, 0.29) is 5.82 Å². The van der Waals surface area contributed by atoms with Crippen LogP contribution < -0.4 is 4.74 Å². The number of ether oxygens (including phenoxy) is 1. The molecule has 1 N–H and O–H groups in total. The summed E-state index contributed by atoms with van der Waals surface area (Å²) < 4.78 is 19.7. The van der Waals surface area contributed by atoms with Gasteiger partial charge in [-0.2, -0.15) is 5.10 Å². The predicted molar refractivity (Wildman–Crippen MR) is 120 cm³/mol. The summed E-state index contributed by atoms with van der Waals surface area (Å²) in [6, 6.07) is 14.4. The molecule has 6 heteroatoms. The summed E-state index contributed by atoms with van der Waals surface area (Å²) in [5.74, 6) is 0.219. The molecule has 5 rings (SSSR count). The third kappa shape index (κ3) is 4.23. The molecule has 1 aliphatic carbocycles. The first-order valence-electron chi connectivity index (χ1n) is 11.1. The topological polar surface area (TPSA) is 44.4 Å². The molecule has 0 unspecified atom stereocenters. The zero-order chi connectivity index (χ0) is 21.2. The van der Waals surface area contributed by atoms with Crippen LogP contribution in [0.3, 0.4) is 0 Å². The number of hydrogen-bond acceptors (Lipinski definition) is 4. The molecule has 1 saturated heterocycles. The fraction of sp³-hybridized carbons (Fsp3) is 0.400. The molecule has 31 heavy (non-hydrogen) atoms. The highest BCUT2D eigenvalue weighted by Crippen LogP contribution is 2.29. The van der Waals surface area contributed by atoms with Crippen molar-refractivity contribution >= 4 is 0 Å². The van der Waals surface area contributed by atoms with Gasteiger partial charge in [0.2, 0.25) is 0 Å². The molecule has 3 aromatic rings. The minimum absolute atomic E-state index is 0.298. The predicted octanol–water partition coefficient (Wildman–Crippen LogP) is 3.90. The van der Waals surface area contributed by atoms with Gasteiger partial charge in [0.05, 0.1) is 19.0 Å². The van der Waals surface area contributed by atoms with Crippen LogP contribution >= 0.6 is 0 Å². The normalized spacial score (nSPS) is 18.1. The van der Waals surface area contributed by atoms with Crippen LogP contribution in [0.4, 0.5) is 4.39 Å². The van der Waals surface area contributed by atoms with Crippen molar-refractivity contribution in [1.82, 2.24) is 20.0 Å². The van der Waals surface area contributed by atoms with E-state index < -0.39 is 0 Å². The van der Waals surface area contributed by atoms with Crippen molar-refractivity contribution in [1.29, 1.82) is 0 Å². The third-order valence-corrected chi connectivity index (χ3v) is 6.73. The van der Waals surface area contributed by atoms with Gasteiger partial charge in [0, 0.05) is 42.9 Å². The summed E-state index contributed by atoms with van der Waals surface area (Å²) in [7, 11) is 1.54. The lowest BCUT2D eigenvalue weighted by Crippen LogP contribution is -2.38. The second-order valence-corrected chi connectivity index (χ2v) is 8.61. The van der Waals surface area contributed by atoms with Gasteiger partial charge in [-0.15, -0.1) is 0 Å². The summed E-state index contributed by atoms with van der Waals surface area (Å²) in [5.41, 5.74) is 5.35. The Bertz CT molecular complexity index is 1020. The van der Waals surface area contributed by atoms with Crippen LogP contribution in [0.25, 0.3) is 11.3 Å². The molecule has 2 aromatic carbocycles. The van der Waals surface area contributed by atoms with Gasteiger partial charge in [-0.05, 0) is 55.6 Å². The van der Waals surface area contributed by atoms with E-state index in [9.17, 15) is 4.39 Å². The molecule has 162 valence electrons. The van der Waals surface area contributed by atoms with E-state index in [0.717, 1.165) is 50.4 Å². The van der Waals surface area contributed by atoms with Crippen LogP contribution in [0.1, 0.15) is 23.1 Å². The average Bonchev–Trinajstić information content (AvgIpc) is 3.35. The summed E-state index contributed by atoms with van der Waals surface area (Å²) in [4.78, 5) is 5.14. The number of halogens is 1. The van der Waals surface area contributed by atoms with Crippen molar-refractivity contribution in [2.24, 2.45) is 0 Å². The molecular weight excluding hydrogens is 391 g/mol. The molecule has 2 aliphatic rings. The number of H-pyrrole nitrogens is 1. The number of rotatable bonds is 5. The number of hydrogen-bond donors (Lipinski definition) is 1. The Labute approximate surface area is 182 Å². The van der Waals surface area contributed by atoms with E-state index in [4.69, 9.17) is 4.74 Å². The maximum atomic E-state index is 14.6. The van der Waals surface area contributed by atoms with Crippen molar-refractivity contribution in [3.8, 4) is 17.0 Å². The van der Waals surface area contributed by atoms with Crippen LogP contribution in [0.2, 0.25) is 0 Å². The van der Waals surface area contributed by atoms with Crippen molar-refractivity contribution in [2.75, 3.05) is 33.3 Å². The highest BCUT2D eigenvalue weighted by atomic mass is 19.1. The van der Waals surface area contributed by atoms with E-state index in [1.54, 1.807) is 19.2 Å². The van der Waals surface area contributed by atoms with E-state index in [1.807, 2.05) is 6.20 Å². The monoisotopic (exact) mass is 420 g/mol. The molecule has 1 aliphatic heterocycles. The molecule has 0 amide bonds. The molecule has 0 spiro atoms. The number of nitrogens with zero attached hydrogens (tertiary/aromatic N) is 3. The Morgan fingerprint density at radius 2 is 1.87 bits per heavy atom. The van der Waals surface area contributed by atoms with Crippen molar-refractivity contribution in [2.45, 2.75) is 31.8 Å². The fourth-order valence-electron chi connectivity index (χ4n) is 5.04. The number of methoxy groups -OCH3 is 1. The molecule has 0 radical (unpaired) electrons. The molecular formula is C25H29FN4O. The lowest BCUT2D eigenvalue weighted by atomic mass is 10.1. The van der Waals surface area contributed by atoms with Gasteiger partial charge in [0.1, 0.15) is 11.6 Å². The van der Waals surface area contributed by atoms with E-state index >= 15 is 0 Å². The second kappa shape index (κ2) is 8.81. The smallest absolute Gasteiger partial charge is 0.136 e. The van der Waals surface area contributed by atoms with Crippen LogP contribution in [0, 0.1) is 5.82 Å². The molecule has 5 nitrogen and oxygen atoms in total. The van der Waals surface area contributed by atoms with E-state index in [1.165, 1.54) is 30.0 Å². The summed E-state index contributed by atoms with van der Waals surface area (Å²) in [6.45, 7) is 5.05. The molecule has 1 aromatic heterocycles. The largest absolute Gasteiger partial charge is 0.497 e. The minimum Gasteiger partial charge on any atom is -0.497 e. The zero-order valence-corrected chi connectivity index (χ0v) is 18.0. The number of aromatic amines is 1. The van der Waals surface area contributed by atoms with Crippen molar-refractivity contribution in [3.63, 3.8) is 0 Å². The Balaban J connectivity index is 1.24. The zero-order valence-electron chi connectivity index (χ0n) is 18.0. The quantitative estimate of drug-likeness (QED) is 0.680. The fourth-order valence-corrected chi connectivity index (χ4v) is 5.04. The maximum absolute atomic E-state index is 14.6. The standard InChI is InChI=1S/C25H29FN4O/c1-31-22-7-8-23(24(26)15-22)25-20(16-27-28-25)17-29-9-4-10-30(12-11-29)21-13-18-5-2-3-6-19(18)14-21/h2-3,5-8,15-16,21H,4,9-14,17H2,1H3,(H,27,28). The van der Waals surface area contributed by atoms with Crippen molar-refractivity contribution in [3.05, 3.63) is 71.2 Å². The molecule has 2 heterocycles. The van der Waals surface area contributed by atoms with Crippen LogP contribution in [-0.2, 0) is 19.4 Å². The van der Waals surface area contributed by atoms with Crippen molar-refractivity contribution < 1.29 is 9.13 Å². The highest BCUT2D eigenvalue weighted by molar-refractivity contribution is 5.64. The summed E-state index contributed by atoms with van der Waals surface area (Å²) in [5, 5.41) is 7.21. The average molecular weight is 421 g/mol. The first-order valence-corrected chi connectivity index (χ1v) is 11.1. The van der Waals surface area contributed by atoms with Gasteiger partial charge in [0.15, 0.2) is 0 Å². The number of fused-ring (bicyclic) bond motifs is 1. The first-order chi connectivity index (χ1) is 15.2. The van der Waals surface area contributed by atoms with Gasteiger partial charge >= 0.3 is 0 Å².